The van der Waals surface area contributed by atoms with E-state index >= 15 is 0 Å². The van der Waals surface area contributed by atoms with Crippen molar-refractivity contribution in [1.29, 1.82) is 0 Å². The topological polar surface area (TPSA) is 57.8 Å². The van der Waals surface area contributed by atoms with Gasteiger partial charge in [-0.2, -0.15) is 0 Å². The second kappa shape index (κ2) is 4.77. The monoisotopic (exact) mass is 196 g/mol. The molecule has 0 aliphatic rings. The third-order valence-electron chi connectivity index (χ3n) is 1.41. The molecule has 0 heterocycles. The predicted octanol–water partition coefficient (Wildman–Crippen LogP) is 1.82. The molecule has 14 heavy (non-hydrogen) atoms. The van der Waals surface area contributed by atoms with Crippen LogP contribution in [0.25, 0.3) is 0 Å². The first kappa shape index (κ1) is 12.7. The highest BCUT2D eigenvalue weighted by molar-refractivity contribution is 5.89. The zero-order valence-corrected chi connectivity index (χ0v) is 8.70. The van der Waals surface area contributed by atoms with Gasteiger partial charge in [0.05, 0.1) is 5.56 Å². The summed E-state index contributed by atoms with van der Waals surface area (Å²) in [5.74, 6) is -0.270. The fourth-order valence-corrected chi connectivity index (χ4v) is 0.911. The SMILES string of the molecule is CC(C)(C)OC(=O)c1ccccc1.O. The fraction of sp³-hybridized carbons (Fsp3) is 0.364. The lowest BCUT2D eigenvalue weighted by Crippen LogP contribution is -2.23. The van der Waals surface area contributed by atoms with Crippen molar-refractivity contribution < 1.29 is 15.0 Å². The Kier molecular flexibility index (Phi) is 4.31. The minimum Gasteiger partial charge on any atom is -0.456 e. The molecule has 0 aliphatic heterocycles. The molecular formula is C11H16O3. The molecule has 0 bridgehead atoms. The van der Waals surface area contributed by atoms with Crippen LogP contribution in [-0.4, -0.2) is 17.0 Å². The predicted molar refractivity (Wildman–Crippen MR) is 55.2 cm³/mol. The molecule has 1 aromatic carbocycles. The van der Waals surface area contributed by atoms with Crippen molar-refractivity contribution in [2.75, 3.05) is 0 Å². The Morgan fingerprint density at radius 3 is 2.07 bits per heavy atom. The molecule has 1 aromatic rings. The van der Waals surface area contributed by atoms with Crippen LogP contribution in [-0.2, 0) is 4.74 Å². The van der Waals surface area contributed by atoms with Crippen molar-refractivity contribution in [1.82, 2.24) is 0 Å². The van der Waals surface area contributed by atoms with Crippen molar-refractivity contribution in [3.63, 3.8) is 0 Å². The third kappa shape index (κ3) is 4.05. The van der Waals surface area contributed by atoms with Crippen molar-refractivity contribution in [2.45, 2.75) is 26.4 Å². The van der Waals surface area contributed by atoms with Gasteiger partial charge in [-0.1, -0.05) is 18.2 Å². The highest BCUT2D eigenvalue weighted by Crippen LogP contribution is 2.11. The molecule has 0 aliphatic carbocycles. The minimum atomic E-state index is -0.424. The van der Waals surface area contributed by atoms with Crippen molar-refractivity contribution in [3.8, 4) is 0 Å². The van der Waals surface area contributed by atoms with Crippen LogP contribution in [0.1, 0.15) is 31.1 Å². The van der Waals surface area contributed by atoms with E-state index in [0.717, 1.165) is 0 Å². The molecular weight excluding hydrogens is 180 g/mol. The van der Waals surface area contributed by atoms with Gasteiger partial charge in [-0.15, -0.1) is 0 Å². The Labute approximate surface area is 84.0 Å². The molecule has 0 spiro atoms. The zero-order valence-electron chi connectivity index (χ0n) is 8.70. The molecule has 0 saturated carbocycles. The molecule has 2 N–H and O–H groups in total. The summed E-state index contributed by atoms with van der Waals surface area (Å²) in [5.41, 5.74) is 0.171. The van der Waals surface area contributed by atoms with E-state index in [2.05, 4.69) is 0 Å². The van der Waals surface area contributed by atoms with E-state index in [-0.39, 0.29) is 11.4 Å². The number of esters is 1. The van der Waals surface area contributed by atoms with Gasteiger partial charge in [0.1, 0.15) is 5.60 Å². The van der Waals surface area contributed by atoms with Crippen LogP contribution in [0.3, 0.4) is 0 Å². The normalized spacial score (nSPS) is 10.2. The molecule has 0 fully saturated rings. The average Bonchev–Trinajstić information content (AvgIpc) is 2.03. The smallest absolute Gasteiger partial charge is 0.338 e. The summed E-state index contributed by atoms with van der Waals surface area (Å²) >= 11 is 0. The molecule has 0 unspecified atom stereocenters. The Morgan fingerprint density at radius 1 is 1.14 bits per heavy atom. The van der Waals surface area contributed by atoms with Gasteiger partial charge in [0.15, 0.2) is 0 Å². The summed E-state index contributed by atoms with van der Waals surface area (Å²) in [6.45, 7) is 5.56. The Morgan fingerprint density at radius 2 is 1.64 bits per heavy atom. The number of rotatable bonds is 1. The summed E-state index contributed by atoms with van der Waals surface area (Å²) in [5, 5.41) is 0. The summed E-state index contributed by atoms with van der Waals surface area (Å²) in [7, 11) is 0. The standard InChI is InChI=1S/C11H14O2.H2O/c1-11(2,3)13-10(12)9-7-5-4-6-8-9;/h4-8H,1-3H3;1H2. The number of ether oxygens (including phenoxy) is 1. The molecule has 3 nitrogen and oxygen atoms in total. The highest BCUT2D eigenvalue weighted by atomic mass is 16.6. The number of benzene rings is 1. The number of carbonyl (C=O) groups excluding carboxylic acids is 1. The summed E-state index contributed by atoms with van der Waals surface area (Å²) in [6, 6.07) is 8.99. The first-order chi connectivity index (χ1) is 5.99. The molecule has 0 radical (unpaired) electrons. The van der Waals surface area contributed by atoms with Gasteiger partial charge in [-0.05, 0) is 32.9 Å². The Balaban J connectivity index is 0.00000169. The van der Waals surface area contributed by atoms with Crippen molar-refractivity contribution >= 4 is 5.97 Å². The van der Waals surface area contributed by atoms with E-state index in [0.29, 0.717) is 5.56 Å². The quantitative estimate of drug-likeness (QED) is 0.643. The van der Waals surface area contributed by atoms with Crippen LogP contribution >= 0.6 is 0 Å². The van der Waals surface area contributed by atoms with Crippen LogP contribution in [0.4, 0.5) is 0 Å². The molecule has 3 heteroatoms. The van der Waals surface area contributed by atoms with E-state index in [1.54, 1.807) is 12.1 Å². The largest absolute Gasteiger partial charge is 0.456 e. The van der Waals surface area contributed by atoms with E-state index in [9.17, 15) is 4.79 Å². The fourth-order valence-electron chi connectivity index (χ4n) is 0.911. The molecule has 0 saturated heterocycles. The highest BCUT2D eigenvalue weighted by Gasteiger charge is 2.16. The third-order valence-corrected chi connectivity index (χ3v) is 1.41. The van der Waals surface area contributed by atoms with Crippen LogP contribution in [0.15, 0.2) is 30.3 Å². The van der Waals surface area contributed by atoms with Gasteiger partial charge in [0, 0.05) is 0 Å². The van der Waals surface area contributed by atoms with E-state index in [1.165, 1.54) is 0 Å². The molecule has 0 aromatic heterocycles. The van der Waals surface area contributed by atoms with Gasteiger partial charge in [0.25, 0.3) is 0 Å². The number of carbonyl (C=O) groups is 1. The van der Waals surface area contributed by atoms with Gasteiger partial charge >= 0.3 is 5.97 Å². The number of hydrogen-bond acceptors (Lipinski definition) is 2. The average molecular weight is 196 g/mol. The lowest BCUT2D eigenvalue weighted by Gasteiger charge is -2.19. The lowest BCUT2D eigenvalue weighted by molar-refractivity contribution is 0.00695. The summed E-state index contributed by atoms with van der Waals surface area (Å²) in [4.78, 5) is 11.4. The first-order valence-corrected chi connectivity index (χ1v) is 4.27. The minimum absolute atomic E-state index is 0. The van der Waals surface area contributed by atoms with E-state index in [4.69, 9.17) is 4.74 Å². The zero-order chi connectivity index (χ0) is 9.90. The van der Waals surface area contributed by atoms with Crippen molar-refractivity contribution in [2.24, 2.45) is 0 Å². The van der Waals surface area contributed by atoms with Gasteiger partial charge in [-0.25, -0.2) is 4.79 Å². The maximum Gasteiger partial charge on any atom is 0.338 e. The molecule has 1 rings (SSSR count). The van der Waals surface area contributed by atoms with Gasteiger partial charge in [0.2, 0.25) is 0 Å². The molecule has 78 valence electrons. The summed E-state index contributed by atoms with van der Waals surface area (Å²) in [6.07, 6.45) is 0. The van der Waals surface area contributed by atoms with Crippen LogP contribution < -0.4 is 0 Å². The Bertz CT molecular complexity index is 285. The second-order valence-corrected chi connectivity index (χ2v) is 3.87. The van der Waals surface area contributed by atoms with Crippen LogP contribution in [0, 0.1) is 0 Å². The van der Waals surface area contributed by atoms with Crippen LogP contribution in [0.5, 0.6) is 0 Å². The second-order valence-electron chi connectivity index (χ2n) is 3.87. The Hall–Kier alpha value is -1.35. The van der Waals surface area contributed by atoms with Gasteiger partial charge < -0.3 is 10.2 Å². The number of hydrogen-bond donors (Lipinski definition) is 0. The maximum absolute atomic E-state index is 11.4. The van der Waals surface area contributed by atoms with E-state index < -0.39 is 5.60 Å². The van der Waals surface area contributed by atoms with Crippen molar-refractivity contribution in [3.05, 3.63) is 35.9 Å². The maximum atomic E-state index is 11.4. The molecule has 0 amide bonds. The lowest BCUT2D eigenvalue weighted by atomic mass is 10.2. The van der Waals surface area contributed by atoms with Gasteiger partial charge in [-0.3, -0.25) is 0 Å². The first-order valence-electron chi connectivity index (χ1n) is 4.27. The van der Waals surface area contributed by atoms with E-state index in [1.807, 2.05) is 39.0 Å². The molecule has 0 atom stereocenters. The summed E-state index contributed by atoms with van der Waals surface area (Å²) < 4.78 is 5.18. The van der Waals surface area contributed by atoms with Crippen LogP contribution in [0.2, 0.25) is 0 Å².